The number of rotatable bonds is 6. The monoisotopic (exact) mass is 429 g/mol. The van der Waals surface area contributed by atoms with Crippen molar-refractivity contribution >= 4 is 45.7 Å². The van der Waals surface area contributed by atoms with Gasteiger partial charge in [0.25, 0.3) is 0 Å². The summed E-state index contributed by atoms with van der Waals surface area (Å²) in [5, 5.41) is 4.26. The molecule has 4 nitrogen and oxygen atoms in total. The largest absolute Gasteiger partial charge is 0.378 e. The molecule has 6 heteroatoms. The van der Waals surface area contributed by atoms with E-state index in [9.17, 15) is 4.79 Å². The normalized spacial score (nSPS) is 21.0. The van der Waals surface area contributed by atoms with Crippen molar-refractivity contribution in [3.63, 3.8) is 0 Å². The number of hydrogen-bond donors (Lipinski definition) is 2. The molecule has 4 rings (SSSR count). The number of halogens is 2. The number of benzene rings is 2. The Hall–Kier alpha value is -2.17. The van der Waals surface area contributed by atoms with Crippen LogP contribution in [0.3, 0.4) is 0 Å². The van der Waals surface area contributed by atoms with Gasteiger partial charge in [-0.25, -0.2) is 0 Å². The summed E-state index contributed by atoms with van der Waals surface area (Å²) in [4.78, 5) is 18.2. The van der Waals surface area contributed by atoms with Gasteiger partial charge in [0, 0.05) is 49.3 Å². The average Bonchev–Trinajstić information content (AvgIpc) is 3.02. The van der Waals surface area contributed by atoms with Crippen LogP contribution in [0, 0.1) is 5.41 Å². The van der Waals surface area contributed by atoms with Gasteiger partial charge >= 0.3 is 0 Å². The van der Waals surface area contributed by atoms with Gasteiger partial charge in [-0.05, 0) is 42.7 Å². The summed E-state index contributed by atoms with van der Waals surface area (Å²) in [7, 11) is 4.04. The predicted molar refractivity (Wildman–Crippen MR) is 121 cm³/mol. The number of hydrogen-bond acceptors (Lipinski definition) is 2. The number of anilines is 1. The molecular formula is C23H25Cl2N3O. The molecule has 0 unspecified atom stereocenters. The van der Waals surface area contributed by atoms with Gasteiger partial charge in [-0.15, -0.1) is 23.2 Å². The molecule has 1 aliphatic rings. The number of carbonyl (C=O) groups is 1. The first-order chi connectivity index (χ1) is 13.7. The Morgan fingerprint density at radius 1 is 1.17 bits per heavy atom. The highest BCUT2D eigenvalue weighted by Crippen LogP contribution is 2.63. The van der Waals surface area contributed by atoms with Gasteiger partial charge in [0.15, 0.2) is 0 Å². The van der Waals surface area contributed by atoms with Crippen LogP contribution >= 0.6 is 23.2 Å². The molecule has 0 spiro atoms. The second-order valence-corrected chi connectivity index (χ2v) is 9.74. The van der Waals surface area contributed by atoms with Crippen LogP contribution in [0.4, 0.5) is 5.69 Å². The van der Waals surface area contributed by atoms with E-state index in [1.165, 1.54) is 0 Å². The summed E-state index contributed by atoms with van der Waals surface area (Å²) in [5.74, 6) is -0.0917. The number of nitrogens with one attached hydrogen (secondary N) is 2. The third-order valence-corrected chi connectivity index (χ3v) is 7.14. The van der Waals surface area contributed by atoms with Gasteiger partial charge in [0.1, 0.15) is 4.33 Å². The Kier molecular flexibility index (Phi) is 5.04. The SMILES string of the molecule is CN(C)c1ccc([C@@H](CNC(=O)[C@]2(C)CC2(Cl)Cl)c2c[nH]c3ccccc23)cc1. The van der Waals surface area contributed by atoms with E-state index in [2.05, 4.69) is 51.6 Å². The number of H-pyrrole nitrogens is 1. The molecule has 1 aliphatic carbocycles. The molecule has 2 N–H and O–H groups in total. The van der Waals surface area contributed by atoms with Crippen LogP contribution in [0.25, 0.3) is 10.9 Å². The summed E-state index contributed by atoms with van der Waals surface area (Å²) >= 11 is 12.4. The maximum atomic E-state index is 12.8. The lowest BCUT2D eigenvalue weighted by Crippen LogP contribution is -2.36. The van der Waals surface area contributed by atoms with Crippen molar-refractivity contribution in [2.24, 2.45) is 5.41 Å². The summed E-state index contributed by atoms with van der Waals surface area (Å²) in [6, 6.07) is 16.7. The zero-order chi connectivity index (χ0) is 20.8. The molecule has 29 heavy (non-hydrogen) atoms. The average molecular weight is 430 g/mol. The van der Waals surface area contributed by atoms with Gasteiger partial charge in [-0.1, -0.05) is 30.3 Å². The first-order valence-corrected chi connectivity index (χ1v) is 10.5. The zero-order valence-corrected chi connectivity index (χ0v) is 18.3. The highest BCUT2D eigenvalue weighted by atomic mass is 35.5. The van der Waals surface area contributed by atoms with Crippen LogP contribution in [0.5, 0.6) is 0 Å². The number of fused-ring (bicyclic) bond motifs is 1. The first-order valence-electron chi connectivity index (χ1n) is 9.72. The molecule has 152 valence electrons. The van der Waals surface area contributed by atoms with Crippen LogP contribution in [0.15, 0.2) is 54.7 Å². The van der Waals surface area contributed by atoms with Gasteiger partial charge in [0.2, 0.25) is 5.91 Å². The van der Waals surface area contributed by atoms with Crippen molar-refractivity contribution in [1.82, 2.24) is 10.3 Å². The van der Waals surface area contributed by atoms with E-state index < -0.39 is 9.75 Å². The fourth-order valence-corrected chi connectivity index (χ4v) is 4.54. The Morgan fingerprint density at radius 3 is 2.45 bits per heavy atom. The highest BCUT2D eigenvalue weighted by Gasteiger charge is 2.67. The summed E-state index contributed by atoms with van der Waals surface area (Å²) in [6.45, 7) is 2.29. The summed E-state index contributed by atoms with van der Waals surface area (Å²) in [5.41, 5.74) is 3.79. The fraction of sp³-hybridized carbons (Fsp3) is 0.348. The van der Waals surface area contributed by atoms with Crippen LogP contribution in [-0.2, 0) is 4.79 Å². The molecule has 3 aromatic rings. The molecule has 0 radical (unpaired) electrons. The molecule has 0 saturated heterocycles. The standard InChI is InChI=1S/C23H25Cl2N3O/c1-22(14-23(22,24)25)21(29)27-12-18(15-8-10-16(11-9-15)28(2)3)19-13-26-20-7-5-4-6-17(19)20/h4-11,13,18,26H,12,14H2,1-3H3,(H,27,29)/t18-,22+/m1/s1. The van der Waals surface area contributed by atoms with Crippen LogP contribution in [0.1, 0.15) is 30.4 Å². The summed E-state index contributed by atoms with van der Waals surface area (Å²) in [6.07, 6.45) is 2.51. The van der Waals surface area contributed by atoms with Gasteiger partial charge < -0.3 is 15.2 Å². The maximum absolute atomic E-state index is 12.8. The molecule has 0 bridgehead atoms. The number of aromatic amines is 1. The molecule has 2 aromatic carbocycles. The Labute approximate surface area is 181 Å². The predicted octanol–water partition coefficient (Wildman–Crippen LogP) is 5.07. The van der Waals surface area contributed by atoms with Crippen molar-refractivity contribution in [1.29, 1.82) is 0 Å². The number of alkyl halides is 2. The smallest absolute Gasteiger partial charge is 0.229 e. The maximum Gasteiger partial charge on any atom is 0.229 e. The van der Waals surface area contributed by atoms with Crippen LogP contribution in [-0.4, -0.2) is 35.9 Å². The molecule has 0 aliphatic heterocycles. The molecule has 1 aromatic heterocycles. The van der Waals surface area contributed by atoms with Gasteiger partial charge in [-0.2, -0.15) is 0 Å². The number of aromatic nitrogens is 1. The number of amides is 1. The molecule has 1 fully saturated rings. The first kappa shape index (κ1) is 20.1. The van der Waals surface area contributed by atoms with E-state index in [1.807, 2.05) is 39.3 Å². The molecule has 1 heterocycles. The van der Waals surface area contributed by atoms with E-state index in [4.69, 9.17) is 23.2 Å². The number of carbonyl (C=O) groups excluding carboxylic acids is 1. The minimum Gasteiger partial charge on any atom is -0.378 e. The van der Waals surface area contributed by atoms with E-state index in [0.717, 1.165) is 27.7 Å². The van der Waals surface area contributed by atoms with Crippen molar-refractivity contribution < 1.29 is 4.79 Å². The topological polar surface area (TPSA) is 48.1 Å². The van der Waals surface area contributed by atoms with Crippen LogP contribution < -0.4 is 10.2 Å². The van der Waals surface area contributed by atoms with Crippen LogP contribution in [0.2, 0.25) is 0 Å². The lowest BCUT2D eigenvalue weighted by Gasteiger charge is -2.21. The third kappa shape index (κ3) is 3.60. The minimum absolute atomic E-state index is 0.00807. The second-order valence-electron chi connectivity index (χ2n) is 8.25. The second kappa shape index (κ2) is 7.26. The van der Waals surface area contributed by atoms with Crippen molar-refractivity contribution in [3.8, 4) is 0 Å². The minimum atomic E-state index is -0.972. The van der Waals surface area contributed by atoms with Gasteiger partial charge in [0.05, 0.1) is 5.41 Å². The molecule has 2 atom stereocenters. The number of para-hydroxylation sites is 1. The van der Waals surface area contributed by atoms with E-state index in [-0.39, 0.29) is 11.8 Å². The molecular weight excluding hydrogens is 405 g/mol. The van der Waals surface area contributed by atoms with E-state index in [0.29, 0.717) is 13.0 Å². The lowest BCUT2D eigenvalue weighted by atomic mass is 9.90. The third-order valence-electron chi connectivity index (χ3n) is 6.03. The molecule has 1 amide bonds. The quantitative estimate of drug-likeness (QED) is 0.537. The Morgan fingerprint density at radius 2 is 1.83 bits per heavy atom. The van der Waals surface area contributed by atoms with Gasteiger partial charge in [-0.3, -0.25) is 4.79 Å². The lowest BCUT2D eigenvalue weighted by molar-refractivity contribution is -0.125. The van der Waals surface area contributed by atoms with Crippen molar-refractivity contribution in [2.45, 2.75) is 23.6 Å². The van der Waals surface area contributed by atoms with E-state index >= 15 is 0 Å². The highest BCUT2D eigenvalue weighted by molar-refractivity contribution is 6.53. The molecule has 1 saturated carbocycles. The van der Waals surface area contributed by atoms with Crippen molar-refractivity contribution in [3.05, 3.63) is 65.9 Å². The van der Waals surface area contributed by atoms with Crippen molar-refractivity contribution in [2.75, 3.05) is 25.5 Å². The zero-order valence-electron chi connectivity index (χ0n) is 16.8. The van der Waals surface area contributed by atoms with E-state index in [1.54, 1.807) is 0 Å². The number of nitrogens with zero attached hydrogens (tertiary/aromatic N) is 1. The Balaban J connectivity index is 1.65. The Bertz CT molecular complexity index is 1040. The summed E-state index contributed by atoms with van der Waals surface area (Å²) < 4.78 is -0.972. The fourth-order valence-electron chi connectivity index (χ4n) is 3.83.